The molecule has 5 heteroatoms. The van der Waals surface area contributed by atoms with Crippen LogP contribution in [0.2, 0.25) is 0 Å². The van der Waals surface area contributed by atoms with Crippen molar-refractivity contribution in [2.45, 2.75) is 13.0 Å². The van der Waals surface area contributed by atoms with Crippen molar-refractivity contribution in [3.63, 3.8) is 0 Å². The van der Waals surface area contributed by atoms with Crippen LogP contribution in [0.4, 0.5) is 8.78 Å². The molecule has 0 saturated carbocycles. The third kappa shape index (κ3) is 3.80. The van der Waals surface area contributed by atoms with Crippen LogP contribution in [-0.4, -0.2) is 18.0 Å². The van der Waals surface area contributed by atoms with Crippen LogP contribution in [0.1, 0.15) is 5.69 Å². The lowest BCUT2D eigenvalue weighted by molar-refractivity contribution is 0.145. The maximum Gasteiger partial charge on any atom is 0.250 e. The quantitative estimate of drug-likeness (QED) is 0.731. The Hall–Kier alpha value is -1.23. The summed E-state index contributed by atoms with van der Waals surface area (Å²) in [6.45, 7) is -0.114. The molecule has 0 fully saturated rings. The zero-order valence-corrected chi connectivity index (χ0v) is 6.89. The van der Waals surface area contributed by atoms with E-state index in [4.69, 9.17) is 0 Å². The van der Waals surface area contributed by atoms with E-state index in [0.717, 1.165) is 0 Å². The fourth-order valence-corrected chi connectivity index (χ4v) is 0.912. The highest BCUT2D eigenvalue weighted by Crippen LogP contribution is 1.91. The molecule has 0 aromatic carbocycles. The Balaban J connectivity index is 2.41. The van der Waals surface area contributed by atoms with E-state index in [1.54, 1.807) is 12.1 Å². The minimum Gasteiger partial charge on any atom is -0.325 e. The number of pyridine rings is 1. The molecular weight excluding hydrogens is 178 g/mol. The second kappa shape index (κ2) is 4.71. The Morgan fingerprint density at radius 3 is 2.85 bits per heavy atom. The highest BCUT2D eigenvalue weighted by atomic mass is 19.3. The summed E-state index contributed by atoms with van der Waals surface area (Å²) in [6, 6.07) is 4.62. The van der Waals surface area contributed by atoms with E-state index in [-0.39, 0.29) is 18.6 Å². The van der Waals surface area contributed by atoms with Gasteiger partial charge in [0.15, 0.2) is 0 Å². The van der Waals surface area contributed by atoms with Crippen LogP contribution in [0.3, 0.4) is 0 Å². The fourth-order valence-electron chi connectivity index (χ4n) is 0.912. The molecule has 0 radical (unpaired) electrons. The van der Waals surface area contributed by atoms with Crippen LogP contribution in [0.15, 0.2) is 23.0 Å². The van der Waals surface area contributed by atoms with Crippen molar-refractivity contribution in [1.29, 1.82) is 0 Å². The van der Waals surface area contributed by atoms with Crippen LogP contribution in [0.25, 0.3) is 0 Å². The van der Waals surface area contributed by atoms with E-state index < -0.39 is 6.43 Å². The second-order valence-corrected chi connectivity index (χ2v) is 2.56. The smallest absolute Gasteiger partial charge is 0.250 e. The van der Waals surface area contributed by atoms with Crippen molar-refractivity contribution in [2.24, 2.45) is 0 Å². The van der Waals surface area contributed by atoms with E-state index in [1.807, 2.05) is 0 Å². The van der Waals surface area contributed by atoms with Gasteiger partial charge in [0.25, 0.3) is 6.43 Å². The standard InChI is InChI=1S/C8H10F2N2O/c9-7(10)5-11-4-6-2-1-3-8(13)12-6/h1-3,7,11H,4-5H2,(H,12,13). The van der Waals surface area contributed by atoms with Gasteiger partial charge in [0.05, 0.1) is 6.54 Å². The highest BCUT2D eigenvalue weighted by Gasteiger charge is 2.00. The monoisotopic (exact) mass is 188 g/mol. The number of aromatic nitrogens is 1. The van der Waals surface area contributed by atoms with Gasteiger partial charge >= 0.3 is 0 Å². The van der Waals surface area contributed by atoms with Crippen LogP contribution in [0, 0.1) is 0 Å². The van der Waals surface area contributed by atoms with E-state index in [2.05, 4.69) is 10.3 Å². The molecule has 1 aromatic heterocycles. The Morgan fingerprint density at radius 2 is 2.23 bits per heavy atom. The molecule has 0 aliphatic carbocycles. The average molecular weight is 188 g/mol. The molecule has 0 saturated heterocycles. The van der Waals surface area contributed by atoms with E-state index >= 15 is 0 Å². The molecular formula is C8H10F2N2O. The number of halogens is 2. The molecule has 0 aliphatic heterocycles. The van der Waals surface area contributed by atoms with Crippen molar-refractivity contribution in [1.82, 2.24) is 10.3 Å². The summed E-state index contributed by atoms with van der Waals surface area (Å²) in [5.74, 6) is 0. The molecule has 0 bridgehead atoms. The predicted octanol–water partition coefficient (Wildman–Crippen LogP) is 0.730. The van der Waals surface area contributed by atoms with Gasteiger partial charge in [0.2, 0.25) is 5.56 Å². The summed E-state index contributed by atoms with van der Waals surface area (Å²) in [5.41, 5.74) is 0.379. The summed E-state index contributed by atoms with van der Waals surface area (Å²) in [4.78, 5) is 13.3. The number of alkyl halides is 2. The van der Waals surface area contributed by atoms with Crippen molar-refractivity contribution in [2.75, 3.05) is 6.54 Å². The van der Waals surface area contributed by atoms with E-state index in [1.165, 1.54) is 6.07 Å². The first-order chi connectivity index (χ1) is 6.18. The molecule has 0 aliphatic rings. The van der Waals surface area contributed by atoms with Crippen molar-refractivity contribution >= 4 is 0 Å². The third-order valence-corrected chi connectivity index (χ3v) is 1.44. The van der Waals surface area contributed by atoms with Gasteiger partial charge < -0.3 is 10.3 Å². The number of aromatic amines is 1. The van der Waals surface area contributed by atoms with Gasteiger partial charge in [0.1, 0.15) is 0 Å². The van der Waals surface area contributed by atoms with Crippen molar-refractivity contribution < 1.29 is 8.78 Å². The summed E-state index contributed by atoms with van der Waals surface area (Å²) in [6.07, 6.45) is -2.37. The van der Waals surface area contributed by atoms with Crippen LogP contribution < -0.4 is 10.9 Å². The van der Waals surface area contributed by atoms with Gasteiger partial charge in [-0.05, 0) is 6.07 Å². The summed E-state index contributed by atoms with van der Waals surface area (Å²) >= 11 is 0. The first-order valence-corrected chi connectivity index (χ1v) is 3.85. The number of hydrogen-bond donors (Lipinski definition) is 2. The fraction of sp³-hybridized carbons (Fsp3) is 0.375. The molecule has 13 heavy (non-hydrogen) atoms. The molecule has 72 valence electrons. The van der Waals surface area contributed by atoms with Gasteiger partial charge in [-0.25, -0.2) is 8.78 Å². The zero-order valence-electron chi connectivity index (χ0n) is 6.89. The Labute approximate surface area is 73.8 Å². The van der Waals surface area contributed by atoms with Crippen molar-refractivity contribution in [3.8, 4) is 0 Å². The Morgan fingerprint density at radius 1 is 1.46 bits per heavy atom. The summed E-state index contributed by atoms with van der Waals surface area (Å²) in [7, 11) is 0. The lowest BCUT2D eigenvalue weighted by Crippen LogP contribution is -2.22. The van der Waals surface area contributed by atoms with Gasteiger partial charge in [0, 0.05) is 18.3 Å². The zero-order chi connectivity index (χ0) is 9.68. The lowest BCUT2D eigenvalue weighted by Gasteiger charge is -2.02. The molecule has 0 amide bonds. The largest absolute Gasteiger partial charge is 0.325 e. The SMILES string of the molecule is O=c1cccc(CNCC(F)F)[nH]1. The molecule has 1 aromatic rings. The minimum absolute atomic E-state index is 0.226. The maximum absolute atomic E-state index is 11.7. The predicted molar refractivity (Wildman–Crippen MR) is 44.8 cm³/mol. The van der Waals surface area contributed by atoms with Crippen LogP contribution in [0.5, 0.6) is 0 Å². The first-order valence-electron chi connectivity index (χ1n) is 3.85. The topological polar surface area (TPSA) is 44.9 Å². The molecule has 3 nitrogen and oxygen atoms in total. The van der Waals surface area contributed by atoms with E-state index in [9.17, 15) is 13.6 Å². The van der Waals surface area contributed by atoms with Crippen molar-refractivity contribution in [3.05, 3.63) is 34.2 Å². The third-order valence-electron chi connectivity index (χ3n) is 1.44. The van der Waals surface area contributed by atoms with Gasteiger partial charge in [-0.2, -0.15) is 0 Å². The summed E-state index contributed by atoms with van der Waals surface area (Å²) < 4.78 is 23.4. The molecule has 1 heterocycles. The Kier molecular flexibility index (Phi) is 3.57. The summed E-state index contributed by atoms with van der Waals surface area (Å²) in [5, 5.41) is 2.51. The number of nitrogens with one attached hydrogen (secondary N) is 2. The molecule has 0 spiro atoms. The Bertz CT molecular complexity index is 311. The molecule has 0 atom stereocenters. The van der Waals surface area contributed by atoms with Gasteiger partial charge in [-0.1, -0.05) is 6.07 Å². The minimum atomic E-state index is -2.37. The van der Waals surface area contributed by atoms with Crippen LogP contribution >= 0.6 is 0 Å². The molecule has 2 N–H and O–H groups in total. The normalized spacial score (nSPS) is 10.7. The highest BCUT2D eigenvalue weighted by molar-refractivity contribution is 5.03. The van der Waals surface area contributed by atoms with Gasteiger partial charge in [-0.15, -0.1) is 0 Å². The van der Waals surface area contributed by atoms with Gasteiger partial charge in [-0.3, -0.25) is 4.79 Å². The molecule has 0 unspecified atom stereocenters. The second-order valence-electron chi connectivity index (χ2n) is 2.56. The lowest BCUT2D eigenvalue weighted by atomic mass is 10.3. The van der Waals surface area contributed by atoms with Crippen LogP contribution in [-0.2, 0) is 6.54 Å². The number of H-pyrrole nitrogens is 1. The molecule has 1 rings (SSSR count). The average Bonchev–Trinajstić information content (AvgIpc) is 2.03. The number of rotatable bonds is 4. The first kappa shape index (κ1) is 9.85. The number of hydrogen-bond acceptors (Lipinski definition) is 2. The maximum atomic E-state index is 11.7. The van der Waals surface area contributed by atoms with E-state index in [0.29, 0.717) is 5.69 Å².